The molecule has 25 atom stereocenters. The predicted molar refractivity (Wildman–Crippen MR) is 231 cm³/mol. The number of hydrogen-bond acceptors (Lipinski definition) is 18. The molecule has 0 radical (unpaired) electrons. The van der Waals surface area contributed by atoms with E-state index in [9.17, 15) is 25.2 Å². The first-order valence-corrected chi connectivity index (χ1v) is 24.3. The molecule has 0 aliphatic carbocycles. The molecule has 3 N–H and O–H groups in total. The average molecular weight is 969 g/mol. The Morgan fingerprint density at radius 3 is 1.94 bits per heavy atom. The summed E-state index contributed by atoms with van der Waals surface area (Å²) in [4.78, 5) is 11.9. The van der Waals surface area contributed by atoms with Crippen molar-refractivity contribution in [1.82, 2.24) is 0 Å². The van der Waals surface area contributed by atoms with Gasteiger partial charge in [0, 0.05) is 84.4 Å². The standard InChI is InChI=1S/C48H82O18.Na/c1-23-38(62-37-20-18-30(54-10)28(6)59-37)25(3)46(9,52)65-39(23)33-16-15-31(60-33)32-17-19-35(61-32)45(8)42(57-13)27(5)48(66-45)24(2)34(55-11)21-29(63-48)22-36-44(7,58-14)41(56-12)26(4)47(53,64-36)40(49)43(50)51;/h23-42,49,52-53H,15-22H2,1-14H3,(H,50,51);/q;+1/p-1/t23-,24+,25+,26-,27+,28+,29-,30-,31+,32-,33+,34+,35+,36-,37-,38-,39-,40-,41-,42+,44-,45+,46-,47-,48-;/m0./s1. The Bertz CT molecular complexity index is 1660. The molecule has 7 aliphatic rings. The molecule has 67 heavy (non-hydrogen) atoms. The van der Waals surface area contributed by atoms with Gasteiger partial charge >= 0.3 is 29.6 Å². The van der Waals surface area contributed by atoms with Crippen LogP contribution in [0.15, 0.2) is 0 Å². The zero-order valence-corrected chi connectivity index (χ0v) is 44.7. The Morgan fingerprint density at radius 1 is 0.716 bits per heavy atom. The van der Waals surface area contributed by atoms with E-state index in [4.69, 9.17) is 61.6 Å². The zero-order chi connectivity index (χ0) is 48.5. The van der Waals surface area contributed by atoms with Gasteiger partial charge in [-0.3, -0.25) is 0 Å². The molecule has 0 amide bonds. The van der Waals surface area contributed by atoms with E-state index < -0.39 is 89.5 Å². The second kappa shape index (κ2) is 21.4. The Hall–Kier alpha value is -0.170. The maximum Gasteiger partial charge on any atom is 1.00 e. The van der Waals surface area contributed by atoms with E-state index in [1.54, 1.807) is 35.2 Å². The van der Waals surface area contributed by atoms with Crippen molar-refractivity contribution in [3.63, 3.8) is 0 Å². The molecule has 0 aromatic rings. The largest absolute Gasteiger partial charge is 1.00 e. The van der Waals surface area contributed by atoms with Crippen LogP contribution in [0, 0.1) is 29.6 Å². The zero-order valence-electron chi connectivity index (χ0n) is 42.7. The van der Waals surface area contributed by atoms with E-state index in [1.165, 1.54) is 21.1 Å². The van der Waals surface area contributed by atoms with Crippen LogP contribution in [0.5, 0.6) is 0 Å². The van der Waals surface area contributed by atoms with Crippen LogP contribution < -0.4 is 34.7 Å². The number of carbonyl (C=O) groups excluding carboxylic acids is 1. The SMILES string of the molecule is CO[C@H]1CC[C@H](O[C@H]2[C@H](C)[C@@H]([C@H]3CC[C@H]([C@@H]4CC[C@H]([C@@]5(C)O[C@]6(O[C@H](C[C@@H]7O[C@](O)([C@@H](O)C(=O)[O-])[C@@H](C)[C@H](OC)[C@@]7(C)OC)C[C@@H](OC)[C@H]6C)[C@H](C)[C@H]5OC)O4)O3)O[C@](C)(O)[C@@H]2C)O[C@@H]1C.[Na+]. The minimum atomic E-state index is -2.56. The number of hydrogen-bond donors (Lipinski definition) is 3. The number of carboxylic acids is 1. The molecule has 7 heterocycles. The summed E-state index contributed by atoms with van der Waals surface area (Å²) in [5.41, 5.74) is -2.19. The normalized spacial score (nSPS) is 53.1. The molecule has 7 saturated heterocycles. The van der Waals surface area contributed by atoms with Crippen molar-refractivity contribution < 1.29 is 116 Å². The monoisotopic (exact) mass is 969 g/mol. The maximum absolute atomic E-state index is 11.9. The molecule has 1 spiro atoms. The number of rotatable bonds is 14. The molecule has 7 fully saturated rings. The minimum absolute atomic E-state index is 0. The van der Waals surface area contributed by atoms with Gasteiger partial charge in [0.15, 0.2) is 17.9 Å². The van der Waals surface area contributed by atoms with Crippen molar-refractivity contribution >= 4 is 5.97 Å². The fraction of sp³-hybridized carbons (Fsp3) is 0.979. The van der Waals surface area contributed by atoms with Crippen LogP contribution in [0.2, 0.25) is 0 Å². The van der Waals surface area contributed by atoms with Gasteiger partial charge in [-0.1, -0.05) is 34.6 Å². The van der Waals surface area contributed by atoms with Crippen molar-refractivity contribution in [3.8, 4) is 0 Å². The predicted octanol–water partition coefficient (Wildman–Crippen LogP) is -0.389. The fourth-order valence-corrected chi connectivity index (χ4v) is 13.3. The number of methoxy groups -OCH3 is 5. The van der Waals surface area contributed by atoms with E-state index >= 15 is 0 Å². The topological polar surface area (TPSA) is 221 Å². The summed E-state index contributed by atoms with van der Waals surface area (Å²) in [5, 5.41) is 45.9. The number of aliphatic carboxylic acids is 1. The van der Waals surface area contributed by atoms with Crippen molar-refractivity contribution in [2.75, 3.05) is 35.5 Å². The van der Waals surface area contributed by atoms with E-state index in [0.29, 0.717) is 19.3 Å². The summed E-state index contributed by atoms with van der Waals surface area (Å²) in [6, 6.07) is 0. The van der Waals surface area contributed by atoms with Gasteiger partial charge in [-0.25, -0.2) is 0 Å². The van der Waals surface area contributed by atoms with Gasteiger partial charge in [0.2, 0.25) is 5.79 Å². The molecule has 0 saturated carbocycles. The van der Waals surface area contributed by atoms with E-state index in [-0.39, 0.29) is 102 Å². The van der Waals surface area contributed by atoms with Gasteiger partial charge in [-0.15, -0.1) is 0 Å². The summed E-state index contributed by atoms with van der Waals surface area (Å²) in [6.45, 7) is 17.2. The van der Waals surface area contributed by atoms with Crippen molar-refractivity contribution in [2.24, 2.45) is 29.6 Å². The maximum atomic E-state index is 11.9. The van der Waals surface area contributed by atoms with Gasteiger partial charge in [0.05, 0.1) is 85.3 Å². The molecular formula is C48H81NaO18. The summed E-state index contributed by atoms with van der Waals surface area (Å²) >= 11 is 0. The molecule has 382 valence electrons. The number of carboxylic acid groups (broad SMARTS) is 1. The van der Waals surface area contributed by atoms with E-state index in [2.05, 4.69) is 6.92 Å². The van der Waals surface area contributed by atoms with Gasteiger partial charge in [-0.05, 0) is 59.8 Å². The van der Waals surface area contributed by atoms with Gasteiger partial charge in [0.1, 0.15) is 17.3 Å². The smallest absolute Gasteiger partial charge is 0.547 e. The summed E-state index contributed by atoms with van der Waals surface area (Å²) < 4.78 is 83.7. The Morgan fingerprint density at radius 2 is 1.34 bits per heavy atom. The third kappa shape index (κ3) is 9.87. The Kier molecular flexibility index (Phi) is 17.9. The Balaban J connectivity index is 0.00000741. The first-order valence-electron chi connectivity index (χ1n) is 24.3. The summed E-state index contributed by atoms with van der Waals surface area (Å²) in [5.74, 6) is -9.19. The van der Waals surface area contributed by atoms with Crippen LogP contribution in [0.4, 0.5) is 0 Å². The number of ether oxygens (including phenoxy) is 13. The first kappa shape index (κ1) is 56.1. The van der Waals surface area contributed by atoms with Crippen LogP contribution in [0.1, 0.15) is 114 Å². The first-order chi connectivity index (χ1) is 31.0. The van der Waals surface area contributed by atoms with Gasteiger partial charge < -0.3 is 86.8 Å². The van der Waals surface area contributed by atoms with Crippen molar-refractivity contribution in [3.05, 3.63) is 0 Å². The van der Waals surface area contributed by atoms with Crippen LogP contribution in [-0.2, 0) is 66.4 Å². The molecule has 0 aromatic heterocycles. The molecule has 0 unspecified atom stereocenters. The minimum Gasteiger partial charge on any atom is -0.547 e. The Labute approximate surface area is 419 Å². The average Bonchev–Trinajstić information content (AvgIpc) is 4.02. The molecular weight excluding hydrogens is 888 g/mol. The van der Waals surface area contributed by atoms with Crippen LogP contribution in [0.25, 0.3) is 0 Å². The van der Waals surface area contributed by atoms with Crippen molar-refractivity contribution in [1.29, 1.82) is 0 Å². The third-order valence-corrected chi connectivity index (χ3v) is 17.6. The molecule has 7 rings (SSSR count). The third-order valence-electron chi connectivity index (χ3n) is 17.6. The molecule has 18 nitrogen and oxygen atoms in total. The molecule has 19 heteroatoms. The number of carbonyl (C=O) groups is 1. The van der Waals surface area contributed by atoms with Gasteiger partial charge in [-0.2, -0.15) is 0 Å². The second-order valence-corrected chi connectivity index (χ2v) is 21.2. The molecule has 0 bridgehead atoms. The van der Waals surface area contributed by atoms with E-state index in [0.717, 1.165) is 25.7 Å². The molecule has 0 aromatic carbocycles. The van der Waals surface area contributed by atoms with E-state index in [1.807, 2.05) is 34.6 Å². The quantitative estimate of drug-likeness (QED) is 0.189. The van der Waals surface area contributed by atoms with Crippen LogP contribution >= 0.6 is 0 Å². The second-order valence-electron chi connectivity index (χ2n) is 21.2. The number of aliphatic hydroxyl groups is 3. The van der Waals surface area contributed by atoms with Gasteiger partial charge in [0.25, 0.3) is 0 Å². The van der Waals surface area contributed by atoms with Crippen LogP contribution in [0.3, 0.4) is 0 Å². The molecule has 7 aliphatic heterocycles. The summed E-state index contributed by atoms with van der Waals surface area (Å²) in [7, 11) is 7.94. The summed E-state index contributed by atoms with van der Waals surface area (Å²) in [6.07, 6.45) is -3.20. The van der Waals surface area contributed by atoms with Crippen LogP contribution in [-0.4, -0.2) is 177 Å². The van der Waals surface area contributed by atoms with Crippen molar-refractivity contribution in [2.45, 2.75) is 234 Å². The number of aliphatic hydroxyl groups excluding tert-OH is 1. The fourth-order valence-electron chi connectivity index (χ4n) is 13.3.